The average molecular weight is 234 g/mol. The largest absolute Gasteiger partial charge is 0.0656 e. The van der Waals surface area contributed by atoms with E-state index in [0.29, 0.717) is 5.92 Å². The summed E-state index contributed by atoms with van der Waals surface area (Å²) < 4.78 is 0. The van der Waals surface area contributed by atoms with Crippen LogP contribution in [-0.2, 0) is 0 Å². The van der Waals surface area contributed by atoms with Gasteiger partial charge in [0.05, 0.1) is 0 Å². The minimum Gasteiger partial charge on any atom is -0.0656 e. The molecule has 0 radical (unpaired) electrons. The molecule has 1 aliphatic carbocycles. The molecule has 0 N–H and O–H groups in total. The monoisotopic (exact) mass is 234 g/mol. The highest BCUT2D eigenvalue weighted by molar-refractivity contribution is 5.17. The lowest BCUT2D eigenvalue weighted by Gasteiger charge is -2.01. The van der Waals surface area contributed by atoms with E-state index in [4.69, 9.17) is 0 Å². The van der Waals surface area contributed by atoms with E-state index < -0.39 is 0 Å². The second kappa shape index (κ2) is 11.7. The molecule has 0 spiro atoms. The van der Waals surface area contributed by atoms with Crippen LogP contribution in [0, 0.1) is 0 Å². The molecule has 1 saturated carbocycles. The predicted octanol–water partition coefficient (Wildman–Crippen LogP) is 6.18. The van der Waals surface area contributed by atoms with Crippen LogP contribution in [0.3, 0.4) is 0 Å². The Bertz CT molecular complexity index is 224. The molecule has 0 amide bonds. The van der Waals surface area contributed by atoms with Gasteiger partial charge in [-0.05, 0) is 11.5 Å². The van der Waals surface area contributed by atoms with E-state index in [0.717, 1.165) is 0 Å². The first-order valence-electron chi connectivity index (χ1n) is 7.27. The van der Waals surface area contributed by atoms with Gasteiger partial charge in [0.1, 0.15) is 0 Å². The Labute approximate surface area is 108 Å². The molecule has 1 aromatic rings. The summed E-state index contributed by atoms with van der Waals surface area (Å²) in [6, 6.07) is 10.5. The molecule has 98 valence electrons. The summed E-state index contributed by atoms with van der Waals surface area (Å²) in [4.78, 5) is 0. The zero-order valence-electron chi connectivity index (χ0n) is 12.2. The highest BCUT2D eigenvalue weighted by Crippen LogP contribution is 2.15. The molecule has 0 atom stereocenters. The average Bonchev–Trinajstić information content (AvgIpc) is 2.90. The third-order valence-electron chi connectivity index (χ3n) is 2.72. The molecule has 0 unspecified atom stereocenters. The normalized spacial score (nSPS) is 13.5. The van der Waals surface area contributed by atoms with Gasteiger partial charge in [-0.1, -0.05) is 96.6 Å². The Hall–Kier alpha value is -0.780. The van der Waals surface area contributed by atoms with Crippen LogP contribution in [0.5, 0.6) is 0 Å². The van der Waals surface area contributed by atoms with Crippen LogP contribution in [0.1, 0.15) is 77.7 Å². The summed E-state index contributed by atoms with van der Waals surface area (Å²) in [7, 11) is 0. The van der Waals surface area contributed by atoms with Crippen molar-refractivity contribution in [3.63, 3.8) is 0 Å². The first-order valence-corrected chi connectivity index (χ1v) is 7.27. The van der Waals surface area contributed by atoms with Crippen LogP contribution in [0.4, 0.5) is 0 Å². The Balaban J connectivity index is 0.000000270. The molecule has 1 aromatic carbocycles. The zero-order valence-corrected chi connectivity index (χ0v) is 12.2. The Morgan fingerprint density at radius 1 is 0.824 bits per heavy atom. The van der Waals surface area contributed by atoms with Gasteiger partial charge in [0, 0.05) is 0 Å². The zero-order chi connectivity index (χ0) is 12.9. The van der Waals surface area contributed by atoms with Gasteiger partial charge in [-0.2, -0.15) is 0 Å². The molecule has 1 fully saturated rings. The molecular formula is C17H30. The van der Waals surface area contributed by atoms with Crippen molar-refractivity contribution >= 4 is 0 Å². The van der Waals surface area contributed by atoms with E-state index in [2.05, 4.69) is 52.0 Å². The van der Waals surface area contributed by atoms with Crippen molar-refractivity contribution in [3.05, 3.63) is 35.9 Å². The Morgan fingerprint density at radius 3 is 1.41 bits per heavy atom. The van der Waals surface area contributed by atoms with Gasteiger partial charge in [0.2, 0.25) is 0 Å². The lowest BCUT2D eigenvalue weighted by molar-refractivity contribution is 0.867. The van der Waals surface area contributed by atoms with Crippen molar-refractivity contribution in [1.29, 1.82) is 0 Å². The topological polar surface area (TPSA) is 0 Å². The third-order valence-corrected chi connectivity index (χ3v) is 2.72. The molecule has 17 heavy (non-hydrogen) atoms. The number of hydrogen-bond acceptors (Lipinski definition) is 0. The summed E-state index contributed by atoms with van der Waals surface area (Å²) in [5, 5.41) is 0. The van der Waals surface area contributed by atoms with Gasteiger partial charge in [0.15, 0.2) is 0 Å². The molecule has 2 rings (SSSR count). The Morgan fingerprint density at radius 2 is 1.18 bits per heavy atom. The van der Waals surface area contributed by atoms with Crippen molar-refractivity contribution in [1.82, 2.24) is 0 Å². The number of hydrogen-bond donors (Lipinski definition) is 0. The van der Waals surface area contributed by atoms with E-state index in [1.165, 1.54) is 44.1 Å². The van der Waals surface area contributed by atoms with Crippen LogP contribution in [0.2, 0.25) is 0 Å². The first-order chi connectivity index (χ1) is 8.22. The van der Waals surface area contributed by atoms with Crippen molar-refractivity contribution < 1.29 is 0 Å². The third kappa shape index (κ3) is 10.1. The van der Waals surface area contributed by atoms with Gasteiger partial charge in [0.25, 0.3) is 0 Å². The standard InChI is InChI=1S/C9H12.C5H10.C3H8/c1-8(2)9-6-4-3-5-7-9;1-2-4-5-3-1;1-3-2/h3-8H,1-2H3;1-5H2;3H2,1-2H3. The number of rotatable bonds is 1. The molecule has 0 nitrogen and oxygen atoms in total. The lowest BCUT2D eigenvalue weighted by atomic mass is 10.0. The van der Waals surface area contributed by atoms with Crippen molar-refractivity contribution in [3.8, 4) is 0 Å². The number of benzene rings is 1. The second-order valence-corrected chi connectivity index (χ2v) is 5.04. The summed E-state index contributed by atoms with van der Waals surface area (Å²) >= 11 is 0. The maximum absolute atomic E-state index is 2.20. The fourth-order valence-electron chi connectivity index (χ4n) is 1.72. The molecule has 1 aliphatic rings. The van der Waals surface area contributed by atoms with Crippen molar-refractivity contribution in [2.45, 2.75) is 72.1 Å². The minimum atomic E-state index is 0.659. The Kier molecular flexibility index (Phi) is 11.2. The SMILES string of the molecule is C1CCCC1.CC(C)c1ccccc1.CCC. The van der Waals surface area contributed by atoms with E-state index >= 15 is 0 Å². The van der Waals surface area contributed by atoms with Crippen molar-refractivity contribution in [2.75, 3.05) is 0 Å². The maximum atomic E-state index is 2.20. The van der Waals surface area contributed by atoms with Gasteiger partial charge >= 0.3 is 0 Å². The van der Waals surface area contributed by atoms with Gasteiger partial charge in [-0.25, -0.2) is 0 Å². The summed E-state index contributed by atoms with van der Waals surface area (Å²) in [6.45, 7) is 8.66. The lowest BCUT2D eigenvalue weighted by Crippen LogP contribution is -1.83. The maximum Gasteiger partial charge on any atom is -0.0219 e. The minimum absolute atomic E-state index is 0.659. The van der Waals surface area contributed by atoms with Gasteiger partial charge in [-0.3, -0.25) is 0 Å². The smallest absolute Gasteiger partial charge is 0.0219 e. The molecule has 0 aliphatic heterocycles. The molecule has 0 bridgehead atoms. The molecule has 0 saturated heterocycles. The van der Waals surface area contributed by atoms with Crippen LogP contribution < -0.4 is 0 Å². The van der Waals surface area contributed by atoms with Gasteiger partial charge < -0.3 is 0 Å². The molecule has 0 heteroatoms. The highest BCUT2D eigenvalue weighted by Gasteiger charge is 1.95. The highest BCUT2D eigenvalue weighted by atomic mass is 14.0. The van der Waals surface area contributed by atoms with Crippen LogP contribution in [0.15, 0.2) is 30.3 Å². The van der Waals surface area contributed by atoms with Gasteiger partial charge in [-0.15, -0.1) is 0 Å². The summed E-state index contributed by atoms with van der Waals surface area (Å²) in [6.07, 6.45) is 8.75. The van der Waals surface area contributed by atoms with Crippen LogP contribution >= 0.6 is 0 Å². The fraction of sp³-hybridized carbons (Fsp3) is 0.647. The van der Waals surface area contributed by atoms with E-state index in [1.807, 2.05) is 6.07 Å². The summed E-state index contributed by atoms with van der Waals surface area (Å²) in [5.41, 5.74) is 1.41. The van der Waals surface area contributed by atoms with E-state index in [9.17, 15) is 0 Å². The molecule has 0 aromatic heterocycles. The van der Waals surface area contributed by atoms with Crippen molar-refractivity contribution in [2.24, 2.45) is 0 Å². The second-order valence-electron chi connectivity index (χ2n) is 5.04. The van der Waals surface area contributed by atoms with E-state index in [-0.39, 0.29) is 0 Å². The summed E-state index contributed by atoms with van der Waals surface area (Å²) in [5.74, 6) is 0.659. The molecular weight excluding hydrogens is 204 g/mol. The predicted molar refractivity (Wildman–Crippen MR) is 79.6 cm³/mol. The first kappa shape index (κ1) is 16.2. The quantitative estimate of drug-likeness (QED) is 0.544. The fourth-order valence-corrected chi connectivity index (χ4v) is 1.72. The van der Waals surface area contributed by atoms with Crippen LogP contribution in [0.25, 0.3) is 0 Å². The van der Waals surface area contributed by atoms with Crippen LogP contribution in [-0.4, -0.2) is 0 Å². The molecule has 0 heterocycles. The van der Waals surface area contributed by atoms with E-state index in [1.54, 1.807) is 0 Å².